The van der Waals surface area contributed by atoms with E-state index in [2.05, 4.69) is 9.72 Å². The average Bonchev–Trinajstić information content (AvgIpc) is 2.96. The summed E-state index contributed by atoms with van der Waals surface area (Å²) in [6.45, 7) is -1.33. The number of pyridine rings is 1. The van der Waals surface area contributed by atoms with Gasteiger partial charge in [0.05, 0.1) is 12.8 Å². The van der Waals surface area contributed by atoms with Crippen molar-refractivity contribution in [3.63, 3.8) is 0 Å². The summed E-state index contributed by atoms with van der Waals surface area (Å²) < 4.78 is 46.4. The first kappa shape index (κ1) is 15.9. The van der Waals surface area contributed by atoms with Gasteiger partial charge in [0.15, 0.2) is 6.61 Å². The molecular weight excluding hydrogens is 301 g/mol. The zero-order chi connectivity index (χ0) is 16.2. The first-order valence-corrected chi connectivity index (χ1v) is 6.29. The van der Waals surface area contributed by atoms with Crippen LogP contribution in [0.1, 0.15) is 16.1 Å². The van der Waals surface area contributed by atoms with Gasteiger partial charge in [0.1, 0.15) is 11.3 Å². The van der Waals surface area contributed by atoms with Gasteiger partial charge < -0.3 is 14.1 Å². The standard InChI is InChI=1S/C14H13F3N2O3/c1-19(8-10-4-3-7-21-10)13(20)11-5-2-6-18-12(11)22-9-14(15,16)17/h2-7H,8-9H2,1H3. The Balaban J connectivity index is 2.11. The highest BCUT2D eigenvalue weighted by Crippen LogP contribution is 2.21. The van der Waals surface area contributed by atoms with Crippen LogP contribution < -0.4 is 4.74 Å². The molecule has 0 aliphatic heterocycles. The SMILES string of the molecule is CN(Cc1ccco1)C(=O)c1cccnc1OCC(F)(F)F. The van der Waals surface area contributed by atoms with Crippen molar-refractivity contribution < 1.29 is 27.1 Å². The lowest BCUT2D eigenvalue weighted by atomic mass is 10.2. The molecule has 118 valence electrons. The Morgan fingerprint density at radius 2 is 2.14 bits per heavy atom. The lowest BCUT2D eigenvalue weighted by Gasteiger charge is -2.17. The smallest absolute Gasteiger partial charge is 0.422 e. The number of rotatable bonds is 5. The first-order valence-electron chi connectivity index (χ1n) is 6.29. The molecule has 2 heterocycles. The maximum atomic E-state index is 12.3. The van der Waals surface area contributed by atoms with E-state index in [0.29, 0.717) is 5.76 Å². The molecule has 2 aromatic heterocycles. The number of aromatic nitrogens is 1. The quantitative estimate of drug-likeness (QED) is 0.851. The number of carbonyl (C=O) groups excluding carboxylic acids is 1. The highest BCUT2D eigenvalue weighted by molar-refractivity contribution is 5.96. The number of hydrogen-bond donors (Lipinski definition) is 0. The molecule has 2 rings (SSSR count). The molecule has 0 spiro atoms. The average molecular weight is 314 g/mol. The fraction of sp³-hybridized carbons (Fsp3) is 0.286. The fourth-order valence-corrected chi connectivity index (χ4v) is 1.73. The molecule has 0 fully saturated rings. The van der Waals surface area contributed by atoms with E-state index >= 15 is 0 Å². The molecule has 2 aromatic rings. The van der Waals surface area contributed by atoms with Crippen LogP contribution in [0.5, 0.6) is 5.88 Å². The monoisotopic (exact) mass is 314 g/mol. The van der Waals surface area contributed by atoms with Crippen LogP contribution in [0, 0.1) is 0 Å². The molecule has 0 aliphatic carbocycles. The molecule has 22 heavy (non-hydrogen) atoms. The Bertz CT molecular complexity index is 627. The van der Waals surface area contributed by atoms with Gasteiger partial charge in [0.25, 0.3) is 5.91 Å². The van der Waals surface area contributed by atoms with Gasteiger partial charge in [-0.3, -0.25) is 4.79 Å². The fourth-order valence-electron chi connectivity index (χ4n) is 1.73. The Morgan fingerprint density at radius 1 is 1.36 bits per heavy atom. The zero-order valence-corrected chi connectivity index (χ0v) is 11.6. The van der Waals surface area contributed by atoms with E-state index < -0.39 is 18.7 Å². The third-order valence-corrected chi connectivity index (χ3v) is 2.69. The van der Waals surface area contributed by atoms with Crippen molar-refractivity contribution in [3.8, 4) is 5.88 Å². The molecule has 0 unspecified atom stereocenters. The van der Waals surface area contributed by atoms with Crippen LogP contribution in [0.4, 0.5) is 13.2 Å². The molecule has 5 nitrogen and oxygen atoms in total. The van der Waals surface area contributed by atoms with E-state index in [9.17, 15) is 18.0 Å². The summed E-state index contributed by atoms with van der Waals surface area (Å²) in [4.78, 5) is 17.3. The van der Waals surface area contributed by atoms with Crippen molar-refractivity contribution in [1.29, 1.82) is 0 Å². The molecule has 8 heteroatoms. The Hall–Kier alpha value is -2.51. The third-order valence-electron chi connectivity index (χ3n) is 2.69. The predicted octanol–water partition coefficient (Wildman–Crippen LogP) is 2.89. The third kappa shape index (κ3) is 4.24. The summed E-state index contributed by atoms with van der Waals surface area (Å²) in [7, 11) is 1.51. The molecule has 1 amide bonds. The second-order valence-corrected chi connectivity index (χ2v) is 4.50. The number of ether oxygens (including phenoxy) is 1. The van der Waals surface area contributed by atoms with Crippen LogP contribution in [-0.2, 0) is 6.54 Å². The zero-order valence-electron chi connectivity index (χ0n) is 11.6. The van der Waals surface area contributed by atoms with Gasteiger partial charge in [-0.05, 0) is 24.3 Å². The van der Waals surface area contributed by atoms with Crippen LogP contribution in [0.25, 0.3) is 0 Å². The van der Waals surface area contributed by atoms with Crippen molar-refractivity contribution in [2.24, 2.45) is 0 Å². The summed E-state index contributed by atoms with van der Waals surface area (Å²) in [6.07, 6.45) is -1.78. The van der Waals surface area contributed by atoms with E-state index in [1.54, 1.807) is 12.1 Å². The minimum Gasteiger partial charge on any atom is -0.467 e. The first-order chi connectivity index (χ1) is 10.4. The molecule has 0 atom stereocenters. The van der Waals surface area contributed by atoms with Crippen LogP contribution in [0.2, 0.25) is 0 Å². The second-order valence-electron chi connectivity index (χ2n) is 4.50. The Morgan fingerprint density at radius 3 is 2.77 bits per heavy atom. The number of nitrogens with zero attached hydrogens (tertiary/aromatic N) is 2. The van der Waals surface area contributed by atoms with Gasteiger partial charge in [-0.15, -0.1) is 0 Å². The van der Waals surface area contributed by atoms with Gasteiger partial charge >= 0.3 is 6.18 Å². The summed E-state index contributed by atoms with van der Waals surface area (Å²) in [5, 5.41) is 0. The molecular formula is C14H13F3N2O3. The topological polar surface area (TPSA) is 55.6 Å². The van der Waals surface area contributed by atoms with E-state index in [-0.39, 0.29) is 18.0 Å². The number of carbonyl (C=O) groups is 1. The van der Waals surface area contributed by atoms with E-state index in [4.69, 9.17) is 4.42 Å². The number of hydrogen-bond acceptors (Lipinski definition) is 4. The largest absolute Gasteiger partial charge is 0.467 e. The van der Waals surface area contributed by atoms with Crippen LogP contribution >= 0.6 is 0 Å². The van der Waals surface area contributed by atoms with Crippen molar-refractivity contribution in [2.45, 2.75) is 12.7 Å². The van der Waals surface area contributed by atoms with Gasteiger partial charge in [0, 0.05) is 13.2 Å². The van der Waals surface area contributed by atoms with E-state index in [0.717, 1.165) is 0 Å². The highest BCUT2D eigenvalue weighted by atomic mass is 19.4. The van der Waals surface area contributed by atoms with Crippen LogP contribution in [0.3, 0.4) is 0 Å². The van der Waals surface area contributed by atoms with Crippen molar-refractivity contribution in [1.82, 2.24) is 9.88 Å². The number of alkyl halides is 3. The summed E-state index contributed by atoms with van der Waals surface area (Å²) in [5.74, 6) is -0.310. The molecule has 0 N–H and O–H groups in total. The van der Waals surface area contributed by atoms with Gasteiger partial charge in [-0.25, -0.2) is 4.98 Å². The summed E-state index contributed by atoms with van der Waals surface area (Å²) in [6, 6.07) is 6.18. The second kappa shape index (κ2) is 6.50. The molecule has 0 aliphatic rings. The van der Waals surface area contributed by atoms with Crippen molar-refractivity contribution in [3.05, 3.63) is 48.0 Å². The van der Waals surface area contributed by atoms with E-state index in [1.165, 1.54) is 36.5 Å². The maximum absolute atomic E-state index is 12.3. The van der Waals surface area contributed by atoms with Crippen LogP contribution in [-0.4, -0.2) is 35.6 Å². The van der Waals surface area contributed by atoms with Crippen molar-refractivity contribution in [2.75, 3.05) is 13.7 Å². The molecule has 0 saturated carbocycles. The molecule has 0 radical (unpaired) electrons. The molecule has 0 bridgehead atoms. The Kier molecular flexibility index (Phi) is 4.69. The van der Waals surface area contributed by atoms with Crippen molar-refractivity contribution >= 4 is 5.91 Å². The lowest BCUT2D eigenvalue weighted by molar-refractivity contribution is -0.154. The highest BCUT2D eigenvalue weighted by Gasteiger charge is 2.30. The molecule has 0 saturated heterocycles. The van der Waals surface area contributed by atoms with Crippen LogP contribution in [0.15, 0.2) is 41.1 Å². The minimum atomic E-state index is -4.50. The molecule has 0 aromatic carbocycles. The number of halogens is 3. The Labute approximate surface area is 124 Å². The summed E-state index contributed by atoms with van der Waals surface area (Å²) in [5.41, 5.74) is -0.0409. The number of furan rings is 1. The summed E-state index contributed by atoms with van der Waals surface area (Å²) >= 11 is 0. The normalized spacial score (nSPS) is 11.3. The van der Waals surface area contributed by atoms with Gasteiger partial charge in [-0.1, -0.05) is 0 Å². The van der Waals surface area contributed by atoms with E-state index in [1.807, 2.05) is 0 Å². The number of amides is 1. The van der Waals surface area contributed by atoms with Gasteiger partial charge in [-0.2, -0.15) is 13.2 Å². The minimum absolute atomic E-state index is 0.0409. The lowest BCUT2D eigenvalue weighted by Crippen LogP contribution is -2.27. The predicted molar refractivity (Wildman–Crippen MR) is 70.3 cm³/mol. The maximum Gasteiger partial charge on any atom is 0.422 e. The van der Waals surface area contributed by atoms with Gasteiger partial charge in [0.2, 0.25) is 5.88 Å².